The lowest BCUT2D eigenvalue weighted by atomic mass is 10.0. The maximum atomic E-state index is 11.8. The van der Waals surface area contributed by atoms with Gasteiger partial charge in [0.1, 0.15) is 5.75 Å². The minimum Gasteiger partial charge on any atom is -0.493 e. The second kappa shape index (κ2) is 10.6. The Morgan fingerprint density at radius 3 is 2.46 bits per heavy atom. The van der Waals surface area contributed by atoms with Gasteiger partial charge in [-0.3, -0.25) is 9.59 Å². The fraction of sp³-hybridized carbons (Fsp3) is 0.400. The zero-order valence-electron chi connectivity index (χ0n) is 15.3. The molecule has 0 aliphatic carbocycles. The van der Waals surface area contributed by atoms with Crippen molar-refractivity contribution in [1.82, 2.24) is 10.6 Å². The van der Waals surface area contributed by atoms with Crippen molar-refractivity contribution in [2.45, 2.75) is 32.6 Å². The highest BCUT2D eigenvalue weighted by Crippen LogP contribution is 2.18. The second-order valence-electron chi connectivity index (χ2n) is 6.26. The third-order valence-corrected chi connectivity index (χ3v) is 4.72. The predicted octanol–water partition coefficient (Wildman–Crippen LogP) is 3.58. The van der Waals surface area contributed by atoms with Gasteiger partial charge in [0.05, 0.1) is 17.9 Å². The summed E-state index contributed by atoms with van der Waals surface area (Å²) < 4.78 is 5.59. The van der Waals surface area contributed by atoms with E-state index in [2.05, 4.69) is 24.5 Å². The molecule has 6 heteroatoms. The molecule has 2 N–H and O–H groups in total. The maximum Gasteiger partial charge on any atom is 0.261 e. The van der Waals surface area contributed by atoms with Crippen molar-refractivity contribution >= 4 is 23.2 Å². The fourth-order valence-corrected chi connectivity index (χ4v) is 2.95. The highest BCUT2D eigenvalue weighted by Gasteiger charge is 2.06. The molecule has 0 aliphatic rings. The summed E-state index contributed by atoms with van der Waals surface area (Å²) in [4.78, 5) is 24.2. The molecule has 0 spiro atoms. The summed E-state index contributed by atoms with van der Waals surface area (Å²) >= 11 is 1.41. The Kier molecular flexibility index (Phi) is 8.15. The van der Waals surface area contributed by atoms with Crippen LogP contribution in [0.1, 0.15) is 47.8 Å². The first kappa shape index (κ1) is 20.0. The Labute approximate surface area is 158 Å². The predicted molar refractivity (Wildman–Crippen MR) is 105 cm³/mol. The highest BCUT2D eigenvalue weighted by molar-refractivity contribution is 7.12. The molecule has 26 heavy (non-hydrogen) atoms. The molecule has 0 fully saturated rings. The number of rotatable bonds is 10. The van der Waals surface area contributed by atoms with Gasteiger partial charge in [-0.2, -0.15) is 0 Å². The van der Waals surface area contributed by atoms with Crippen molar-refractivity contribution < 1.29 is 14.3 Å². The molecule has 2 aromatic rings. The van der Waals surface area contributed by atoms with Crippen LogP contribution in [0.3, 0.4) is 0 Å². The van der Waals surface area contributed by atoms with Gasteiger partial charge in [0.25, 0.3) is 5.91 Å². The standard InChI is InChI=1S/C20H26N2O3S/c1-15(2)16-6-8-17(9-7-16)25-13-10-19(23)21-11-4-12-22-20(24)18-5-3-14-26-18/h3,5-9,14-15H,4,10-13H2,1-2H3,(H,21,23)(H,22,24). The number of carbonyl (C=O) groups is 2. The lowest BCUT2D eigenvalue weighted by Crippen LogP contribution is -2.30. The number of nitrogens with one attached hydrogen (secondary N) is 2. The van der Waals surface area contributed by atoms with Crippen molar-refractivity contribution in [3.8, 4) is 5.75 Å². The number of thiophene rings is 1. The van der Waals surface area contributed by atoms with Crippen LogP contribution in [0.4, 0.5) is 0 Å². The van der Waals surface area contributed by atoms with E-state index in [0.717, 1.165) is 5.75 Å². The van der Waals surface area contributed by atoms with E-state index in [-0.39, 0.29) is 11.8 Å². The van der Waals surface area contributed by atoms with Crippen molar-refractivity contribution in [2.75, 3.05) is 19.7 Å². The van der Waals surface area contributed by atoms with Gasteiger partial charge in [-0.05, 0) is 41.5 Å². The van der Waals surface area contributed by atoms with E-state index in [1.165, 1.54) is 16.9 Å². The summed E-state index contributed by atoms with van der Waals surface area (Å²) in [6.07, 6.45) is 1.01. The molecule has 0 aliphatic heterocycles. The molecule has 2 amide bonds. The average molecular weight is 375 g/mol. The Morgan fingerprint density at radius 1 is 1.08 bits per heavy atom. The monoisotopic (exact) mass is 374 g/mol. The van der Waals surface area contributed by atoms with Crippen LogP contribution >= 0.6 is 11.3 Å². The van der Waals surface area contributed by atoms with E-state index in [1.807, 2.05) is 35.7 Å². The van der Waals surface area contributed by atoms with E-state index >= 15 is 0 Å². The molecule has 0 unspecified atom stereocenters. The van der Waals surface area contributed by atoms with Gasteiger partial charge in [0.15, 0.2) is 0 Å². The van der Waals surface area contributed by atoms with Gasteiger partial charge >= 0.3 is 0 Å². The van der Waals surface area contributed by atoms with Crippen LogP contribution in [0.25, 0.3) is 0 Å². The molecule has 1 heterocycles. The summed E-state index contributed by atoms with van der Waals surface area (Å²) in [6.45, 7) is 5.71. The smallest absolute Gasteiger partial charge is 0.261 e. The molecular weight excluding hydrogens is 348 g/mol. The molecule has 1 aromatic heterocycles. The topological polar surface area (TPSA) is 67.4 Å². The summed E-state index contributed by atoms with van der Waals surface area (Å²) in [7, 11) is 0. The van der Waals surface area contributed by atoms with E-state index in [9.17, 15) is 9.59 Å². The van der Waals surface area contributed by atoms with Crippen LogP contribution < -0.4 is 15.4 Å². The normalized spacial score (nSPS) is 10.6. The Hall–Kier alpha value is -2.34. The zero-order chi connectivity index (χ0) is 18.8. The van der Waals surface area contributed by atoms with Crippen LogP contribution in [0.5, 0.6) is 5.75 Å². The van der Waals surface area contributed by atoms with E-state index < -0.39 is 0 Å². The molecule has 0 bridgehead atoms. The second-order valence-corrected chi connectivity index (χ2v) is 7.21. The molecular formula is C20H26N2O3S. The summed E-state index contributed by atoms with van der Waals surface area (Å²) in [6, 6.07) is 11.6. The minimum absolute atomic E-state index is 0.0478. The van der Waals surface area contributed by atoms with Gasteiger partial charge < -0.3 is 15.4 Å². The van der Waals surface area contributed by atoms with E-state index in [4.69, 9.17) is 4.74 Å². The van der Waals surface area contributed by atoms with Crippen LogP contribution in [0.15, 0.2) is 41.8 Å². The summed E-state index contributed by atoms with van der Waals surface area (Å²) in [5.74, 6) is 1.15. The third-order valence-electron chi connectivity index (χ3n) is 3.85. The van der Waals surface area contributed by atoms with E-state index in [1.54, 1.807) is 6.07 Å². The summed E-state index contributed by atoms with van der Waals surface area (Å²) in [5, 5.41) is 7.54. The number of carbonyl (C=O) groups excluding carboxylic acids is 2. The van der Waals surface area contributed by atoms with Crippen molar-refractivity contribution in [3.05, 3.63) is 52.2 Å². The number of hydrogen-bond donors (Lipinski definition) is 2. The number of ether oxygens (including phenoxy) is 1. The lowest BCUT2D eigenvalue weighted by molar-refractivity contribution is -0.121. The quantitative estimate of drug-likeness (QED) is 0.625. The Balaban J connectivity index is 1.53. The lowest BCUT2D eigenvalue weighted by Gasteiger charge is -2.09. The zero-order valence-corrected chi connectivity index (χ0v) is 16.1. The first-order chi connectivity index (χ1) is 12.6. The first-order valence-corrected chi connectivity index (χ1v) is 9.75. The largest absolute Gasteiger partial charge is 0.493 e. The fourth-order valence-electron chi connectivity index (χ4n) is 2.31. The van der Waals surface area contributed by atoms with Crippen LogP contribution in [-0.2, 0) is 4.79 Å². The highest BCUT2D eigenvalue weighted by atomic mass is 32.1. The summed E-state index contributed by atoms with van der Waals surface area (Å²) in [5.41, 5.74) is 1.27. The maximum absolute atomic E-state index is 11.8. The van der Waals surface area contributed by atoms with Crippen molar-refractivity contribution in [2.24, 2.45) is 0 Å². The first-order valence-electron chi connectivity index (χ1n) is 8.87. The molecule has 0 atom stereocenters. The van der Waals surface area contributed by atoms with Crippen LogP contribution in [-0.4, -0.2) is 31.5 Å². The Morgan fingerprint density at radius 2 is 1.81 bits per heavy atom. The van der Waals surface area contributed by atoms with Crippen molar-refractivity contribution in [1.29, 1.82) is 0 Å². The van der Waals surface area contributed by atoms with E-state index in [0.29, 0.717) is 43.3 Å². The molecule has 0 radical (unpaired) electrons. The molecule has 2 rings (SSSR count). The van der Waals surface area contributed by atoms with Crippen LogP contribution in [0, 0.1) is 0 Å². The third kappa shape index (κ3) is 6.88. The number of hydrogen-bond acceptors (Lipinski definition) is 4. The van der Waals surface area contributed by atoms with Gasteiger partial charge in [0.2, 0.25) is 5.91 Å². The number of benzene rings is 1. The molecule has 5 nitrogen and oxygen atoms in total. The molecule has 140 valence electrons. The molecule has 0 saturated heterocycles. The Bertz CT molecular complexity index is 682. The van der Waals surface area contributed by atoms with Gasteiger partial charge in [0, 0.05) is 13.1 Å². The molecule has 0 saturated carbocycles. The van der Waals surface area contributed by atoms with Crippen molar-refractivity contribution in [3.63, 3.8) is 0 Å². The van der Waals surface area contributed by atoms with Gasteiger partial charge in [-0.1, -0.05) is 32.0 Å². The van der Waals surface area contributed by atoms with Gasteiger partial charge in [-0.15, -0.1) is 11.3 Å². The average Bonchev–Trinajstić information content (AvgIpc) is 3.16. The van der Waals surface area contributed by atoms with Gasteiger partial charge in [-0.25, -0.2) is 0 Å². The number of amides is 2. The molecule has 1 aromatic carbocycles. The van der Waals surface area contributed by atoms with Crippen LogP contribution in [0.2, 0.25) is 0 Å². The SMILES string of the molecule is CC(C)c1ccc(OCCC(=O)NCCCNC(=O)c2cccs2)cc1. The minimum atomic E-state index is -0.0665.